The molecule has 2 aromatic carbocycles. The van der Waals surface area contributed by atoms with E-state index in [0.29, 0.717) is 42.7 Å². The first-order valence-electron chi connectivity index (χ1n) is 11.0. The van der Waals surface area contributed by atoms with E-state index in [2.05, 4.69) is 5.32 Å². The second-order valence-corrected chi connectivity index (χ2v) is 9.30. The number of carbonyl (C=O) groups excluding carboxylic acids is 1. The van der Waals surface area contributed by atoms with Crippen LogP contribution in [0.3, 0.4) is 0 Å². The number of halogens is 1. The highest BCUT2D eigenvalue weighted by atomic mass is 32.1. The lowest BCUT2D eigenvalue weighted by atomic mass is 9.86. The van der Waals surface area contributed by atoms with Gasteiger partial charge in [-0.1, -0.05) is 24.3 Å². The third-order valence-corrected chi connectivity index (χ3v) is 7.11. The zero-order valence-corrected chi connectivity index (χ0v) is 19.2. The lowest BCUT2D eigenvalue weighted by Gasteiger charge is -2.26. The number of hydrogen-bond acceptors (Lipinski definition) is 4. The van der Waals surface area contributed by atoms with E-state index in [1.54, 1.807) is 6.07 Å². The van der Waals surface area contributed by atoms with Crippen LogP contribution in [0.4, 0.5) is 4.39 Å². The maximum Gasteiger partial charge on any atom is 0.306 e. The van der Waals surface area contributed by atoms with Crippen molar-refractivity contribution in [3.63, 3.8) is 0 Å². The van der Waals surface area contributed by atoms with Crippen molar-refractivity contribution < 1.29 is 23.8 Å². The van der Waals surface area contributed by atoms with Crippen LogP contribution in [0.1, 0.15) is 46.5 Å². The molecule has 0 radical (unpaired) electrons. The van der Waals surface area contributed by atoms with Gasteiger partial charge in [0.25, 0.3) is 5.91 Å². The minimum absolute atomic E-state index is 0.0191. The fourth-order valence-electron chi connectivity index (χ4n) is 4.29. The van der Waals surface area contributed by atoms with Gasteiger partial charge in [-0.05, 0) is 77.9 Å². The fraction of sp³-hybridized carbons (Fsp3) is 0.308. The number of carboxylic acids is 1. The van der Waals surface area contributed by atoms with Crippen LogP contribution in [0.25, 0.3) is 11.1 Å². The first-order chi connectivity index (χ1) is 15.9. The predicted molar refractivity (Wildman–Crippen MR) is 126 cm³/mol. The van der Waals surface area contributed by atoms with Crippen molar-refractivity contribution in [3.05, 3.63) is 75.7 Å². The van der Waals surface area contributed by atoms with Crippen LogP contribution in [0.2, 0.25) is 0 Å². The molecule has 5 nitrogen and oxygen atoms in total. The number of aliphatic carboxylic acids is 1. The van der Waals surface area contributed by atoms with Crippen LogP contribution >= 0.6 is 11.3 Å². The van der Waals surface area contributed by atoms with E-state index in [1.165, 1.54) is 30.6 Å². The minimum Gasteiger partial charge on any atom is -0.497 e. The maximum absolute atomic E-state index is 13.8. The summed E-state index contributed by atoms with van der Waals surface area (Å²) in [7, 11) is 1.51. The largest absolute Gasteiger partial charge is 0.497 e. The molecule has 7 heteroatoms. The number of nitrogens with one attached hydrogen (secondary N) is 1. The van der Waals surface area contributed by atoms with Crippen LogP contribution in [0.15, 0.2) is 53.9 Å². The zero-order valence-electron chi connectivity index (χ0n) is 18.3. The van der Waals surface area contributed by atoms with Crippen molar-refractivity contribution in [2.45, 2.75) is 38.1 Å². The van der Waals surface area contributed by atoms with Gasteiger partial charge in [0.05, 0.1) is 17.9 Å². The van der Waals surface area contributed by atoms with Crippen LogP contribution in [0, 0.1) is 11.7 Å². The van der Waals surface area contributed by atoms with Gasteiger partial charge in [0.1, 0.15) is 11.6 Å². The highest BCUT2D eigenvalue weighted by Crippen LogP contribution is 2.28. The van der Waals surface area contributed by atoms with Crippen molar-refractivity contribution in [1.29, 1.82) is 0 Å². The third kappa shape index (κ3) is 5.60. The molecule has 0 bridgehead atoms. The summed E-state index contributed by atoms with van der Waals surface area (Å²) in [4.78, 5) is 24.7. The molecule has 0 aliphatic heterocycles. The molecule has 1 saturated carbocycles. The standard InChI is InChI=1S/C26H26FNO4S/c1-32-23-14-20(13-21(27)15-23)17-4-2-16(3-5-17)12-19-10-11-33-24(19)25(29)28-22-8-6-18(7-9-22)26(30)31/h2-5,10-11,13-15,18,22H,6-9,12H2,1H3,(H,28,29)(H,30,31). The summed E-state index contributed by atoms with van der Waals surface area (Å²) in [6.45, 7) is 0. The Bertz CT molecular complexity index is 1130. The number of carbonyl (C=O) groups is 2. The van der Waals surface area contributed by atoms with E-state index in [9.17, 15) is 14.0 Å². The highest BCUT2D eigenvalue weighted by Gasteiger charge is 2.27. The molecule has 1 aromatic heterocycles. The molecule has 0 unspecified atom stereocenters. The van der Waals surface area contributed by atoms with E-state index >= 15 is 0 Å². The van der Waals surface area contributed by atoms with E-state index in [0.717, 1.165) is 22.3 Å². The third-order valence-electron chi connectivity index (χ3n) is 6.15. The Labute approximate surface area is 196 Å². The average Bonchev–Trinajstić information content (AvgIpc) is 3.27. The van der Waals surface area contributed by atoms with Gasteiger partial charge in [-0.15, -0.1) is 11.3 Å². The quantitative estimate of drug-likeness (QED) is 0.479. The Hall–Kier alpha value is -3.19. The van der Waals surface area contributed by atoms with Crippen LogP contribution in [-0.4, -0.2) is 30.1 Å². The van der Waals surface area contributed by atoms with Crippen molar-refractivity contribution in [3.8, 4) is 16.9 Å². The van der Waals surface area contributed by atoms with Gasteiger partial charge in [0.2, 0.25) is 0 Å². The Morgan fingerprint density at radius 2 is 1.79 bits per heavy atom. The smallest absolute Gasteiger partial charge is 0.306 e. The molecule has 172 valence electrons. The van der Waals surface area contributed by atoms with Gasteiger partial charge in [-0.25, -0.2) is 4.39 Å². The summed E-state index contributed by atoms with van der Waals surface area (Å²) in [5, 5.41) is 14.1. The van der Waals surface area contributed by atoms with E-state index in [-0.39, 0.29) is 23.7 Å². The Morgan fingerprint density at radius 1 is 1.06 bits per heavy atom. The number of rotatable bonds is 7. The number of thiophene rings is 1. The number of methoxy groups -OCH3 is 1. The molecule has 1 aliphatic rings. The van der Waals surface area contributed by atoms with Crippen molar-refractivity contribution in [1.82, 2.24) is 5.32 Å². The molecule has 1 aliphatic carbocycles. The van der Waals surface area contributed by atoms with Crippen LogP contribution < -0.4 is 10.1 Å². The van der Waals surface area contributed by atoms with Gasteiger partial charge in [0, 0.05) is 12.1 Å². The maximum atomic E-state index is 13.8. The monoisotopic (exact) mass is 467 g/mol. The Kier molecular flexibility index (Phi) is 7.08. The molecule has 3 aromatic rings. The number of ether oxygens (including phenoxy) is 1. The van der Waals surface area contributed by atoms with Crippen molar-refractivity contribution in [2.75, 3.05) is 7.11 Å². The summed E-state index contributed by atoms with van der Waals surface area (Å²) in [6.07, 6.45) is 3.19. The van der Waals surface area contributed by atoms with Gasteiger partial charge >= 0.3 is 5.97 Å². The molecule has 1 heterocycles. The predicted octanol–water partition coefficient (Wildman–Crippen LogP) is 5.53. The average molecular weight is 468 g/mol. The summed E-state index contributed by atoms with van der Waals surface area (Å²) in [5.74, 6) is -1.02. The first-order valence-corrected chi connectivity index (χ1v) is 11.8. The summed E-state index contributed by atoms with van der Waals surface area (Å²) >= 11 is 1.41. The Balaban J connectivity index is 1.41. The minimum atomic E-state index is -0.747. The summed E-state index contributed by atoms with van der Waals surface area (Å²) in [6, 6.07) is 14.5. The lowest BCUT2D eigenvalue weighted by Crippen LogP contribution is -2.38. The van der Waals surface area contributed by atoms with E-state index < -0.39 is 5.97 Å². The summed E-state index contributed by atoms with van der Waals surface area (Å²) < 4.78 is 19.0. The molecule has 4 rings (SSSR count). The molecule has 1 fully saturated rings. The molecule has 1 amide bonds. The van der Waals surface area contributed by atoms with Gasteiger partial charge in [0.15, 0.2) is 0 Å². The molecular formula is C26H26FNO4S. The topological polar surface area (TPSA) is 75.6 Å². The SMILES string of the molecule is COc1cc(F)cc(-c2ccc(Cc3ccsc3C(=O)NC3CCC(C(=O)O)CC3)cc2)c1. The number of benzene rings is 2. The number of amides is 1. The van der Waals surface area contributed by atoms with Gasteiger partial charge in [-0.2, -0.15) is 0 Å². The summed E-state index contributed by atoms with van der Waals surface area (Å²) in [5.41, 5.74) is 3.64. The van der Waals surface area contributed by atoms with Crippen LogP contribution in [-0.2, 0) is 11.2 Å². The van der Waals surface area contributed by atoms with Gasteiger partial charge in [-0.3, -0.25) is 9.59 Å². The number of carboxylic acid groups (broad SMARTS) is 1. The van der Waals surface area contributed by atoms with E-state index in [4.69, 9.17) is 9.84 Å². The molecule has 33 heavy (non-hydrogen) atoms. The number of hydrogen-bond donors (Lipinski definition) is 2. The molecule has 0 atom stereocenters. The lowest BCUT2D eigenvalue weighted by molar-refractivity contribution is -0.142. The molecule has 2 N–H and O–H groups in total. The Morgan fingerprint density at radius 3 is 2.45 bits per heavy atom. The van der Waals surface area contributed by atoms with Crippen molar-refractivity contribution in [2.24, 2.45) is 5.92 Å². The fourth-order valence-corrected chi connectivity index (χ4v) is 5.12. The second-order valence-electron chi connectivity index (χ2n) is 8.39. The second kappa shape index (κ2) is 10.2. The van der Waals surface area contributed by atoms with Gasteiger partial charge < -0.3 is 15.2 Å². The van der Waals surface area contributed by atoms with Crippen LogP contribution in [0.5, 0.6) is 5.75 Å². The highest BCUT2D eigenvalue weighted by molar-refractivity contribution is 7.12. The van der Waals surface area contributed by atoms with E-state index in [1.807, 2.05) is 35.7 Å². The molecule has 0 saturated heterocycles. The van der Waals surface area contributed by atoms with Crippen molar-refractivity contribution >= 4 is 23.2 Å². The molecular weight excluding hydrogens is 441 g/mol. The zero-order chi connectivity index (χ0) is 23.4. The first kappa shape index (κ1) is 23.0. The molecule has 0 spiro atoms. The normalized spacial score (nSPS) is 18.0.